The molecule has 0 bridgehead atoms. The smallest absolute Gasteiger partial charge is 0.115 e. The van der Waals surface area contributed by atoms with Gasteiger partial charge in [-0.25, -0.2) is 4.39 Å². The average Bonchev–Trinajstić information content (AvgIpc) is 2.23. The third-order valence-corrected chi connectivity index (χ3v) is 3.35. The molecule has 0 aromatic heterocycles. The van der Waals surface area contributed by atoms with Gasteiger partial charge in [-0.3, -0.25) is 0 Å². The van der Waals surface area contributed by atoms with Crippen LogP contribution < -0.4 is 5.32 Å². The standard InChI is InChI=1S/C11H20FNO/c12-10-3-1-2-4-11(10)13-9-5-7-14-8-6-9/h9-11,13H,1-8H2/t10-,11-/m1/s1. The van der Waals surface area contributed by atoms with Crippen molar-refractivity contribution in [3.05, 3.63) is 0 Å². The first-order chi connectivity index (χ1) is 6.86. The molecule has 14 heavy (non-hydrogen) atoms. The van der Waals surface area contributed by atoms with Crippen LogP contribution in [-0.4, -0.2) is 31.5 Å². The van der Waals surface area contributed by atoms with Crippen molar-refractivity contribution >= 4 is 0 Å². The van der Waals surface area contributed by atoms with Crippen molar-refractivity contribution in [2.24, 2.45) is 0 Å². The molecule has 1 heterocycles. The van der Waals surface area contributed by atoms with Crippen molar-refractivity contribution in [3.63, 3.8) is 0 Å². The second-order valence-electron chi connectivity index (χ2n) is 4.46. The summed E-state index contributed by atoms with van der Waals surface area (Å²) in [5, 5.41) is 3.45. The van der Waals surface area contributed by atoms with Crippen molar-refractivity contribution in [2.75, 3.05) is 13.2 Å². The third-order valence-electron chi connectivity index (χ3n) is 3.35. The normalized spacial score (nSPS) is 35.8. The molecule has 1 aliphatic heterocycles. The first-order valence-corrected chi connectivity index (χ1v) is 5.84. The second kappa shape index (κ2) is 5.08. The van der Waals surface area contributed by atoms with Crippen LogP contribution in [0, 0.1) is 0 Å². The van der Waals surface area contributed by atoms with E-state index in [-0.39, 0.29) is 6.04 Å². The van der Waals surface area contributed by atoms with Crippen LogP contribution in [0.5, 0.6) is 0 Å². The molecule has 2 aliphatic rings. The van der Waals surface area contributed by atoms with Crippen LogP contribution in [0.2, 0.25) is 0 Å². The van der Waals surface area contributed by atoms with Crippen LogP contribution in [0.15, 0.2) is 0 Å². The Balaban J connectivity index is 1.76. The van der Waals surface area contributed by atoms with E-state index >= 15 is 0 Å². The van der Waals surface area contributed by atoms with E-state index in [0.717, 1.165) is 45.3 Å². The van der Waals surface area contributed by atoms with E-state index in [1.807, 2.05) is 0 Å². The van der Waals surface area contributed by atoms with Crippen LogP contribution in [0.4, 0.5) is 4.39 Å². The molecular weight excluding hydrogens is 181 g/mol. The van der Waals surface area contributed by atoms with Gasteiger partial charge in [-0.2, -0.15) is 0 Å². The molecule has 1 N–H and O–H groups in total. The summed E-state index contributed by atoms with van der Waals surface area (Å²) in [5.74, 6) is 0. The molecule has 2 atom stereocenters. The fourth-order valence-electron chi connectivity index (χ4n) is 2.44. The third kappa shape index (κ3) is 2.67. The predicted octanol–water partition coefficient (Wildman–Crippen LogP) is 2.04. The molecule has 0 unspecified atom stereocenters. The highest BCUT2D eigenvalue weighted by atomic mass is 19.1. The maximum atomic E-state index is 13.5. The summed E-state index contributed by atoms with van der Waals surface area (Å²) < 4.78 is 18.8. The predicted molar refractivity (Wildman–Crippen MR) is 54.1 cm³/mol. The first-order valence-electron chi connectivity index (χ1n) is 5.84. The Morgan fingerprint density at radius 2 is 1.71 bits per heavy atom. The Labute approximate surface area is 85.2 Å². The SMILES string of the molecule is F[C@@H]1CCCC[C@H]1NC1CCOCC1. The largest absolute Gasteiger partial charge is 0.381 e. The van der Waals surface area contributed by atoms with Crippen LogP contribution in [0.3, 0.4) is 0 Å². The molecule has 1 saturated heterocycles. The summed E-state index contributed by atoms with van der Waals surface area (Å²) >= 11 is 0. The van der Waals surface area contributed by atoms with Gasteiger partial charge in [0, 0.05) is 25.3 Å². The maximum absolute atomic E-state index is 13.5. The Morgan fingerprint density at radius 3 is 2.43 bits per heavy atom. The van der Waals surface area contributed by atoms with Crippen LogP contribution in [0.1, 0.15) is 38.5 Å². The number of hydrogen-bond acceptors (Lipinski definition) is 2. The van der Waals surface area contributed by atoms with Gasteiger partial charge in [0.1, 0.15) is 6.17 Å². The zero-order valence-electron chi connectivity index (χ0n) is 8.68. The van der Waals surface area contributed by atoms with Gasteiger partial charge in [0.05, 0.1) is 0 Å². The molecule has 1 aliphatic carbocycles. The topological polar surface area (TPSA) is 21.3 Å². The molecule has 0 amide bonds. The van der Waals surface area contributed by atoms with Crippen LogP contribution >= 0.6 is 0 Å². The fourth-order valence-corrected chi connectivity index (χ4v) is 2.44. The quantitative estimate of drug-likeness (QED) is 0.738. The van der Waals surface area contributed by atoms with Gasteiger partial charge in [-0.05, 0) is 25.7 Å². The minimum Gasteiger partial charge on any atom is -0.381 e. The molecule has 82 valence electrons. The average molecular weight is 201 g/mol. The Morgan fingerprint density at radius 1 is 1.00 bits per heavy atom. The molecule has 0 spiro atoms. The van der Waals surface area contributed by atoms with Gasteiger partial charge in [-0.1, -0.05) is 12.8 Å². The molecule has 3 heteroatoms. The van der Waals surface area contributed by atoms with Crippen molar-refractivity contribution in [1.29, 1.82) is 0 Å². The minimum absolute atomic E-state index is 0.117. The highest BCUT2D eigenvalue weighted by Crippen LogP contribution is 2.22. The van der Waals surface area contributed by atoms with Crippen LogP contribution in [0.25, 0.3) is 0 Å². The fraction of sp³-hybridized carbons (Fsp3) is 1.00. The summed E-state index contributed by atoms with van der Waals surface area (Å²) in [7, 11) is 0. The lowest BCUT2D eigenvalue weighted by molar-refractivity contribution is 0.0662. The van der Waals surface area contributed by atoms with Crippen molar-refractivity contribution in [2.45, 2.75) is 56.8 Å². The summed E-state index contributed by atoms with van der Waals surface area (Å²) in [6.07, 6.45) is 5.48. The van der Waals surface area contributed by atoms with Gasteiger partial charge in [0.2, 0.25) is 0 Å². The Hall–Kier alpha value is -0.150. The van der Waals surface area contributed by atoms with E-state index in [1.54, 1.807) is 0 Å². The van der Waals surface area contributed by atoms with Crippen molar-refractivity contribution in [1.82, 2.24) is 5.32 Å². The Kier molecular flexibility index (Phi) is 3.76. The van der Waals surface area contributed by atoms with Crippen LogP contribution in [-0.2, 0) is 4.74 Å². The van der Waals surface area contributed by atoms with Gasteiger partial charge >= 0.3 is 0 Å². The lowest BCUT2D eigenvalue weighted by Gasteiger charge is -2.32. The lowest BCUT2D eigenvalue weighted by atomic mass is 9.92. The number of ether oxygens (including phenoxy) is 1. The Bertz CT molecular complexity index is 171. The van der Waals surface area contributed by atoms with E-state index in [0.29, 0.717) is 6.04 Å². The molecule has 2 fully saturated rings. The van der Waals surface area contributed by atoms with Gasteiger partial charge in [0.25, 0.3) is 0 Å². The second-order valence-corrected chi connectivity index (χ2v) is 4.46. The summed E-state index contributed by atoms with van der Waals surface area (Å²) in [4.78, 5) is 0. The van der Waals surface area contributed by atoms with E-state index in [4.69, 9.17) is 4.74 Å². The highest BCUT2D eigenvalue weighted by molar-refractivity contribution is 4.84. The monoisotopic (exact) mass is 201 g/mol. The minimum atomic E-state index is -0.619. The molecule has 0 aromatic carbocycles. The highest BCUT2D eigenvalue weighted by Gasteiger charge is 2.27. The number of alkyl halides is 1. The molecule has 1 saturated carbocycles. The number of nitrogens with one attached hydrogen (secondary N) is 1. The number of hydrogen-bond donors (Lipinski definition) is 1. The lowest BCUT2D eigenvalue weighted by Crippen LogP contribution is -2.47. The van der Waals surface area contributed by atoms with E-state index in [1.165, 1.54) is 6.42 Å². The zero-order valence-corrected chi connectivity index (χ0v) is 8.68. The number of rotatable bonds is 2. The maximum Gasteiger partial charge on any atom is 0.115 e. The summed E-state index contributed by atoms with van der Waals surface area (Å²) in [5.41, 5.74) is 0. The summed E-state index contributed by atoms with van der Waals surface area (Å²) in [6.45, 7) is 1.67. The van der Waals surface area contributed by atoms with E-state index < -0.39 is 6.17 Å². The first kappa shape index (κ1) is 10.4. The summed E-state index contributed by atoms with van der Waals surface area (Å²) in [6, 6.07) is 0.608. The number of halogens is 1. The van der Waals surface area contributed by atoms with Gasteiger partial charge in [0.15, 0.2) is 0 Å². The molecule has 0 aromatic rings. The molecular formula is C11H20FNO. The zero-order chi connectivity index (χ0) is 9.80. The van der Waals surface area contributed by atoms with Gasteiger partial charge in [-0.15, -0.1) is 0 Å². The molecule has 2 rings (SSSR count). The van der Waals surface area contributed by atoms with Crippen molar-refractivity contribution < 1.29 is 9.13 Å². The van der Waals surface area contributed by atoms with E-state index in [2.05, 4.69) is 5.32 Å². The van der Waals surface area contributed by atoms with E-state index in [9.17, 15) is 4.39 Å². The molecule has 0 radical (unpaired) electrons. The van der Waals surface area contributed by atoms with Gasteiger partial charge < -0.3 is 10.1 Å². The molecule has 2 nitrogen and oxygen atoms in total. The van der Waals surface area contributed by atoms with Crippen molar-refractivity contribution in [3.8, 4) is 0 Å².